The first-order chi connectivity index (χ1) is 29.7. The van der Waals surface area contributed by atoms with Crippen LogP contribution in [0.2, 0.25) is 0 Å². The van der Waals surface area contributed by atoms with E-state index >= 15 is 0 Å². The van der Waals surface area contributed by atoms with Crippen molar-refractivity contribution >= 4 is 72.0 Å². The third-order valence-electron chi connectivity index (χ3n) is 11.5. The van der Waals surface area contributed by atoms with Crippen LogP contribution in [-0.4, -0.2) is 4.98 Å². The second kappa shape index (κ2) is 13.8. The summed E-state index contributed by atoms with van der Waals surface area (Å²) >= 11 is 0. The molecule has 0 atom stereocenters. The quantitative estimate of drug-likeness (QED) is 0.162. The summed E-state index contributed by atoms with van der Waals surface area (Å²) in [6.07, 6.45) is 0. The lowest BCUT2D eigenvalue weighted by atomic mass is 9.99. The molecule has 12 rings (SSSR count). The van der Waals surface area contributed by atoms with Gasteiger partial charge in [-0.1, -0.05) is 133 Å². The fraction of sp³-hybridized carbons (Fsp3) is 0. The molecule has 60 heavy (non-hydrogen) atoms. The first-order valence-electron chi connectivity index (χ1n) is 20.1. The monoisotopic (exact) mass is 770 g/mol. The van der Waals surface area contributed by atoms with Crippen LogP contribution in [0.25, 0.3) is 99.8 Å². The Morgan fingerprint density at radius 2 is 0.883 bits per heavy atom. The van der Waals surface area contributed by atoms with E-state index in [0.717, 1.165) is 94.3 Å². The van der Waals surface area contributed by atoms with E-state index in [2.05, 4.69) is 150 Å². The van der Waals surface area contributed by atoms with Gasteiger partial charge in [0.1, 0.15) is 27.8 Å². The van der Waals surface area contributed by atoms with Gasteiger partial charge in [-0.2, -0.15) is 0 Å². The van der Waals surface area contributed by atoms with Gasteiger partial charge in [0.05, 0.1) is 0 Å². The maximum atomic E-state index is 6.61. The fourth-order valence-corrected chi connectivity index (χ4v) is 8.63. The molecule has 3 heterocycles. The Hall–Kier alpha value is -8.15. The molecule has 3 aromatic heterocycles. The van der Waals surface area contributed by atoms with Crippen molar-refractivity contribution in [3.63, 3.8) is 0 Å². The minimum atomic E-state index is 0.598. The molecular formula is C55H34N2O3. The van der Waals surface area contributed by atoms with E-state index in [-0.39, 0.29) is 0 Å². The molecule has 0 aliphatic rings. The summed E-state index contributed by atoms with van der Waals surface area (Å²) in [6, 6.07) is 71.7. The highest BCUT2D eigenvalue weighted by Gasteiger charge is 2.19. The number of furan rings is 2. The van der Waals surface area contributed by atoms with Crippen molar-refractivity contribution < 1.29 is 13.3 Å². The molecule has 0 saturated heterocycles. The van der Waals surface area contributed by atoms with Gasteiger partial charge >= 0.3 is 0 Å². The summed E-state index contributed by atoms with van der Waals surface area (Å²) in [5.41, 5.74) is 15.7. The van der Waals surface area contributed by atoms with Gasteiger partial charge in [0.2, 0.25) is 5.89 Å². The maximum Gasteiger partial charge on any atom is 0.227 e. The molecule has 0 bridgehead atoms. The van der Waals surface area contributed by atoms with Crippen molar-refractivity contribution in [2.75, 3.05) is 4.90 Å². The molecule has 9 aromatic carbocycles. The maximum absolute atomic E-state index is 6.61. The zero-order valence-corrected chi connectivity index (χ0v) is 32.2. The molecule has 5 heteroatoms. The predicted molar refractivity (Wildman–Crippen MR) is 245 cm³/mol. The van der Waals surface area contributed by atoms with Gasteiger partial charge < -0.3 is 18.2 Å². The highest BCUT2D eigenvalue weighted by molar-refractivity contribution is 6.13. The second-order valence-electron chi connectivity index (χ2n) is 15.1. The molecule has 0 saturated carbocycles. The number of anilines is 3. The smallest absolute Gasteiger partial charge is 0.227 e. The highest BCUT2D eigenvalue weighted by atomic mass is 16.4. The van der Waals surface area contributed by atoms with E-state index in [9.17, 15) is 0 Å². The Labute approximate surface area is 345 Å². The molecule has 0 aliphatic carbocycles. The number of hydrogen-bond donors (Lipinski definition) is 0. The standard InChI is InChI=1S/C55H34N2O3/c1-3-11-35(12-4-1)36-21-27-40(28-22-36)57(41-29-23-37(24-30-41)43-16-10-20-50-53(43)46-15-7-8-19-49(46)58-50)42-31-25-38(26-32-42)44-17-9-18-45-47-33-48-52(34-51(47)59-54(44)45)60-55(56-48)39-13-5-2-6-14-39/h1-34H. The number of nitrogens with zero attached hydrogens (tertiary/aromatic N) is 2. The van der Waals surface area contributed by atoms with Gasteiger partial charge in [-0.3, -0.25) is 0 Å². The Morgan fingerprint density at radius 3 is 1.60 bits per heavy atom. The van der Waals surface area contributed by atoms with Gasteiger partial charge in [-0.15, -0.1) is 0 Å². The summed E-state index contributed by atoms with van der Waals surface area (Å²) in [5, 5.41) is 4.30. The normalized spacial score (nSPS) is 11.7. The number of oxazole rings is 1. The van der Waals surface area contributed by atoms with Gasteiger partial charge in [0.15, 0.2) is 5.58 Å². The summed E-state index contributed by atoms with van der Waals surface area (Å²) in [4.78, 5) is 7.13. The van der Waals surface area contributed by atoms with Crippen molar-refractivity contribution in [3.05, 3.63) is 206 Å². The number of para-hydroxylation sites is 2. The average molecular weight is 771 g/mol. The van der Waals surface area contributed by atoms with E-state index in [1.807, 2.05) is 60.7 Å². The van der Waals surface area contributed by atoms with Crippen molar-refractivity contribution in [2.24, 2.45) is 0 Å². The summed E-state index contributed by atoms with van der Waals surface area (Å²) in [7, 11) is 0. The lowest BCUT2D eigenvalue weighted by molar-refractivity contribution is 0.617. The Bertz CT molecular complexity index is 3510. The van der Waals surface area contributed by atoms with Crippen LogP contribution >= 0.6 is 0 Å². The van der Waals surface area contributed by atoms with Crippen LogP contribution in [0, 0.1) is 0 Å². The summed E-state index contributed by atoms with van der Waals surface area (Å²) in [6.45, 7) is 0. The molecular weight excluding hydrogens is 737 g/mol. The molecule has 0 N–H and O–H groups in total. The minimum absolute atomic E-state index is 0.598. The number of aromatic nitrogens is 1. The molecule has 0 radical (unpaired) electrons. The fourth-order valence-electron chi connectivity index (χ4n) is 8.63. The summed E-state index contributed by atoms with van der Waals surface area (Å²) < 4.78 is 19.0. The van der Waals surface area contributed by atoms with Gasteiger partial charge in [0.25, 0.3) is 0 Å². The summed E-state index contributed by atoms with van der Waals surface area (Å²) in [5.74, 6) is 0.598. The minimum Gasteiger partial charge on any atom is -0.456 e. The number of benzene rings is 9. The first-order valence-corrected chi connectivity index (χ1v) is 20.1. The topological polar surface area (TPSA) is 55.6 Å². The molecule has 0 spiro atoms. The van der Waals surface area contributed by atoms with E-state index in [1.54, 1.807) is 0 Å². The SMILES string of the molecule is c1ccc(-c2ccc(N(c3ccc(-c4cccc5c4oc4cc6oc(-c7ccccc7)nc6cc45)cc3)c3ccc(-c4cccc5oc6ccccc6c45)cc3)cc2)cc1. The molecule has 12 aromatic rings. The van der Waals surface area contributed by atoms with E-state index < -0.39 is 0 Å². The van der Waals surface area contributed by atoms with Gasteiger partial charge in [0, 0.05) is 55.8 Å². The molecule has 0 fully saturated rings. The molecule has 0 aliphatic heterocycles. The molecule has 5 nitrogen and oxygen atoms in total. The zero-order valence-electron chi connectivity index (χ0n) is 32.2. The van der Waals surface area contributed by atoms with Crippen LogP contribution < -0.4 is 4.90 Å². The van der Waals surface area contributed by atoms with Crippen molar-refractivity contribution in [1.82, 2.24) is 4.98 Å². The van der Waals surface area contributed by atoms with Crippen LogP contribution in [0.3, 0.4) is 0 Å². The average Bonchev–Trinajstić information content (AvgIpc) is 4.03. The number of fused-ring (bicyclic) bond motifs is 7. The van der Waals surface area contributed by atoms with Gasteiger partial charge in [-0.25, -0.2) is 4.98 Å². The Morgan fingerprint density at radius 1 is 0.333 bits per heavy atom. The van der Waals surface area contributed by atoms with E-state index in [1.165, 1.54) is 11.1 Å². The van der Waals surface area contributed by atoms with Crippen LogP contribution in [-0.2, 0) is 0 Å². The largest absolute Gasteiger partial charge is 0.456 e. The van der Waals surface area contributed by atoms with E-state index in [0.29, 0.717) is 11.5 Å². The molecule has 0 unspecified atom stereocenters. The van der Waals surface area contributed by atoms with Crippen molar-refractivity contribution in [1.29, 1.82) is 0 Å². The number of rotatable bonds is 7. The third kappa shape index (κ3) is 5.67. The lowest BCUT2D eigenvalue weighted by Gasteiger charge is -2.26. The third-order valence-corrected chi connectivity index (χ3v) is 11.5. The Kier molecular flexibility index (Phi) is 7.78. The Balaban J connectivity index is 0.925. The second-order valence-corrected chi connectivity index (χ2v) is 15.1. The van der Waals surface area contributed by atoms with E-state index in [4.69, 9.17) is 18.2 Å². The molecule has 0 amide bonds. The predicted octanol–water partition coefficient (Wildman–Crippen LogP) is 15.8. The lowest BCUT2D eigenvalue weighted by Crippen LogP contribution is -2.09. The van der Waals surface area contributed by atoms with Crippen LogP contribution in [0.5, 0.6) is 0 Å². The first kappa shape index (κ1) is 33.9. The van der Waals surface area contributed by atoms with Crippen molar-refractivity contribution in [2.45, 2.75) is 0 Å². The van der Waals surface area contributed by atoms with Crippen molar-refractivity contribution in [3.8, 4) is 44.8 Å². The van der Waals surface area contributed by atoms with Crippen LogP contribution in [0.4, 0.5) is 17.1 Å². The molecule has 282 valence electrons. The van der Waals surface area contributed by atoms with Gasteiger partial charge in [-0.05, 0) is 94.5 Å². The van der Waals surface area contributed by atoms with Crippen LogP contribution in [0.15, 0.2) is 220 Å². The van der Waals surface area contributed by atoms with Crippen LogP contribution in [0.1, 0.15) is 0 Å². The number of hydrogen-bond acceptors (Lipinski definition) is 5. The highest BCUT2D eigenvalue weighted by Crippen LogP contribution is 2.42. The zero-order chi connectivity index (χ0) is 39.6.